The number of hydrogen-bond acceptors (Lipinski definition) is 7. The number of hydrazone groups is 1. The summed E-state index contributed by atoms with van der Waals surface area (Å²) in [5.74, 6) is 1.49. The summed E-state index contributed by atoms with van der Waals surface area (Å²) in [5, 5.41) is 12.5. The molecule has 27 heavy (non-hydrogen) atoms. The Bertz CT molecular complexity index is 852. The maximum absolute atomic E-state index is 12.3. The van der Waals surface area contributed by atoms with Gasteiger partial charge < -0.3 is 18.9 Å². The van der Waals surface area contributed by atoms with E-state index in [1.54, 1.807) is 36.4 Å². The Labute approximate surface area is 156 Å². The van der Waals surface area contributed by atoms with E-state index < -0.39 is 5.91 Å². The number of nitrogens with zero attached hydrogens (tertiary/aromatic N) is 2. The zero-order valence-corrected chi connectivity index (χ0v) is 15.2. The fourth-order valence-corrected chi connectivity index (χ4v) is 2.16. The van der Waals surface area contributed by atoms with Gasteiger partial charge in [0.25, 0.3) is 5.91 Å². The first-order valence-electron chi connectivity index (χ1n) is 7.85. The number of carbonyl (C=O) groups is 1. The molecule has 2 rings (SSSR count). The second-order valence-electron chi connectivity index (χ2n) is 5.16. The lowest BCUT2D eigenvalue weighted by molar-refractivity contribution is 0.0954. The number of benzene rings is 2. The van der Waals surface area contributed by atoms with E-state index in [-0.39, 0.29) is 6.61 Å². The molecule has 2 aromatic carbocycles. The van der Waals surface area contributed by atoms with Crippen molar-refractivity contribution in [2.24, 2.45) is 5.10 Å². The Morgan fingerprint density at radius 3 is 2.37 bits per heavy atom. The molecule has 1 amide bonds. The number of carbonyl (C=O) groups excluding carboxylic acids is 1. The molecule has 0 atom stereocenters. The van der Waals surface area contributed by atoms with Gasteiger partial charge in [-0.3, -0.25) is 4.79 Å². The highest BCUT2D eigenvalue weighted by atomic mass is 16.5. The number of nitriles is 1. The van der Waals surface area contributed by atoms with Crippen LogP contribution in [0.15, 0.2) is 41.5 Å². The smallest absolute Gasteiger partial charge is 0.271 e. The minimum absolute atomic E-state index is 0.0795. The number of methoxy groups -OCH3 is 3. The van der Waals surface area contributed by atoms with E-state index in [1.165, 1.54) is 27.5 Å². The zero-order valence-electron chi connectivity index (χ0n) is 15.2. The molecule has 2 aromatic rings. The molecule has 0 aliphatic carbocycles. The summed E-state index contributed by atoms with van der Waals surface area (Å²) in [6, 6.07) is 11.8. The lowest BCUT2D eigenvalue weighted by Gasteiger charge is -2.09. The van der Waals surface area contributed by atoms with Crippen LogP contribution in [0.4, 0.5) is 0 Å². The maximum atomic E-state index is 12.3. The third-order valence-corrected chi connectivity index (χ3v) is 3.47. The number of amides is 1. The second kappa shape index (κ2) is 9.68. The van der Waals surface area contributed by atoms with Crippen LogP contribution in [-0.2, 0) is 0 Å². The van der Waals surface area contributed by atoms with Crippen LogP contribution < -0.4 is 24.4 Å². The van der Waals surface area contributed by atoms with Crippen LogP contribution in [-0.4, -0.2) is 40.1 Å². The summed E-state index contributed by atoms with van der Waals surface area (Å²) in [5.41, 5.74) is 3.47. The minimum Gasteiger partial charge on any atom is -0.497 e. The van der Waals surface area contributed by atoms with Crippen molar-refractivity contribution in [3.05, 3.63) is 47.5 Å². The molecule has 0 aromatic heterocycles. The van der Waals surface area contributed by atoms with Crippen LogP contribution in [0.1, 0.15) is 15.9 Å². The lowest BCUT2D eigenvalue weighted by Crippen LogP contribution is -2.17. The van der Waals surface area contributed by atoms with E-state index in [1.807, 2.05) is 6.07 Å². The van der Waals surface area contributed by atoms with Gasteiger partial charge in [-0.1, -0.05) is 0 Å². The maximum Gasteiger partial charge on any atom is 0.271 e. The van der Waals surface area contributed by atoms with Crippen molar-refractivity contribution in [3.63, 3.8) is 0 Å². The predicted octanol–water partition coefficient (Wildman–Crippen LogP) is 2.38. The molecule has 0 spiro atoms. The van der Waals surface area contributed by atoms with Crippen LogP contribution in [0.2, 0.25) is 0 Å². The van der Waals surface area contributed by atoms with Gasteiger partial charge in [-0.15, -0.1) is 0 Å². The highest BCUT2D eigenvalue weighted by Gasteiger charge is 2.09. The molecular weight excluding hydrogens is 350 g/mol. The first-order chi connectivity index (χ1) is 13.1. The molecule has 0 bridgehead atoms. The molecule has 0 heterocycles. The fraction of sp³-hybridized carbons (Fsp3) is 0.211. The van der Waals surface area contributed by atoms with Crippen molar-refractivity contribution in [2.45, 2.75) is 0 Å². The van der Waals surface area contributed by atoms with E-state index >= 15 is 0 Å². The van der Waals surface area contributed by atoms with E-state index in [2.05, 4.69) is 10.5 Å². The average Bonchev–Trinajstić information content (AvgIpc) is 2.71. The van der Waals surface area contributed by atoms with Crippen LogP contribution in [0, 0.1) is 11.3 Å². The predicted molar refractivity (Wildman–Crippen MR) is 98.7 cm³/mol. The number of rotatable bonds is 8. The molecule has 0 fully saturated rings. The molecule has 0 unspecified atom stereocenters. The molecule has 0 saturated heterocycles. The van der Waals surface area contributed by atoms with Gasteiger partial charge >= 0.3 is 0 Å². The Hall–Kier alpha value is -3.73. The van der Waals surface area contributed by atoms with Crippen molar-refractivity contribution < 1.29 is 23.7 Å². The first kappa shape index (κ1) is 19.6. The third-order valence-electron chi connectivity index (χ3n) is 3.47. The van der Waals surface area contributed by atoms with Gasteiger partial charge in [0.15, 0.2) is 18.1 Å². The van der Waals surface area contributed by atoms with Crippen molar-refractivity contribution in [1.29, 1.82) is 5.26 Å². The van der Waals surface area contributed by atoms with Crippen molar-refractivity contribution >= 4 is 12.1 Å². The van der Waals surface area contributed by atoms with Gasteiger partial charge in [0.2, 0.25) is 0 Å². The van der Waals surface area contributed by atoms with Crippen LogP contribution in [0.25, 0.3) is 0 Å². The van der Waals surface area contributed by atoms with Crippen molar-refractivity contribution in [3.8, 4) is 29.1 Å². The molecule has 1 N–H and O–H groups in total. The van der Waals surface area contributed by atoms with Gasteiger partial charge in [0.05, 0.1) is 27.5 Å². The number of nitrogens with one attached hydrogen (secondary N) is 1. The zero-order chi connectivity index (χ0) is 19.6. The van der Waals surface area contributed by atoms with Gasteiger partial charge in [-0.2, -0.15) is 10.4 Å². The summed E-state index contributed by atoms with van der Waals surface area (Å²) >= 11 is 0. The summed E-state index contributed by atoms with van der Waals surface area (Å²) in [4.78, 5) is 12.3. The molecule has 0 saturated carbocycles. The first-order valence-corrected chi connectivity index (χ1v) is 7.85. The molecule has 0 aliphatic rings. The number of hydrogen-bond donors (Lipinski definition) is 1. The summed E-state index contributed by atoms with van der Waals surface area (Å²) in [7, 11) is 4.51. The Balaban J connectivity index is 2.08. The summed E-state index contributed by atoms with van der Waals surface area (Å²) < 4.78 is 20.8. The van der Waals surface area contributed by atoms with E-state index in [9.17, 15) is 4.79 Å². The molecular formula is C19H19N3O5. The Morgan fingerprint density at radius 2 is 1.78 bits per heavy atom. The second-order valence-corrected chi connectivity index (χ2v) is 5.16. The largest absolute Gasteiger partial charge is 0.497 e. The molecule has 0 radical (unpaired) electrons. The van der Waals surface area contributed by atoms with E-state index in [0.29, 0.717) is 34.1 Å². The molecule has 8 heteroatoms. The monoisotopic (exact) mass is 369 g/mol. The van der Waals surface area contributed by atoms with Crippen LogP contribution in [0.5, 0.6) is 23.0 Å². The van der Waals surface area contributed by atoms with Gasteiger partial charge in [0.1, 0.15) is 17.6 Å². The van der Waals surface area contributed by atoms with E-state index in [0.717, 1.165) is 0 Å². The molecule has 140 valence electrons. The average molecular weight is 369 g/mol. The standard InChI is InChI=1S/C19H19N3O5/c1-24-15-9-14(10-16(11-15)25-2)19(23)22-21-12-13-4-5-17(27-7-6-20)18(8-13)26-3/h4-5,8-12H,7H2,1-3H3,(H,22,23). The lowest BCUT2D eigenvalue weighted by atomic mass is 10.2. The van der Waals surface area contributed by atoms with Crippen molar-refractivity contribution in [1.82, 2.24) is 5.43 Å². The van der Waals surface area contributed by atoms with Crippen molar-refractivity contribution in [2.75, 3.05) is 27.9 Å². The van der Waals surface area contributed by atoms with E-state index in [4.69, 9.17) is 24.2 Å². The third kappa shape index (κ3) is 5.37. The van der Waals surface area contributed by atoms with Gasteiger partial charge in [-0.05, 0) is 35.9 Å². The molecule has 8 nitrogen and oxygen atoms in total. The van der Waals surface area contributed by atoms with Crippen LogP contribution in [0.3, 0.4) is 0 Å². The molecule has 0 aliphatic heterocycles. The Kier molecular flexibility index (Phi) is 7.02. The number of ether oxygens (including phenoxy) is 4. The summed E-state index contributed by atoms with van der Waals surface area (Å²) in [6.45, 7) is -0.0795. The van der Waals surface area contributed by atoms with Gasteiger partial charge in [0, 0.05) is 11.6 Å². The quantitative estimate of drug-likeness (QED) is 0.566. The SMILES string of the molecule is COc1cc(OC)cc(C(=O)NN=Cc2ccc(OCC#N)c(OC)c2)c1. The van der Waals surface area contributed by atoms with Gasteiger partial charge in [-0.25, -0.2) is 5.43 Å². The normalized spacial score (nSPS) is 10.1. The summed E-state index contributed by atoms with van der Waals surface area (Å²) in [6.07, 6.45) is 1.46. The minimum atomic E-state index is -0.413. The fourth-order valence-electron chi connectivity index (χ4n) is 2.16. The van der Waals surface area contributed by atoms with Crippen LogP contribution >= 0.6 is 0 Å². The Morgan fingerprint density at radius 1 is 1.07 bits per heavy atom. The highest BCUT2D eigenvalue weighted by Crippen LogP contribution is 2.27. The topological polar surface area (TPSA) is 102 Å². The highest BCUT2D eigenvalue weighted by molar-refractivity contribution is 5.95.